The number of anilines is 1. The van der Waals surface area contributed by atoms with Crippen LogP contribution in [0, 0.1) is 0 Å². The first-order valence-corrected chi connectivity index (χ1v) is 7.47. The van der Waals surface area contributed by atoms with E-state index in [1.165, 1.54) is 41.6 Å². The molecule has 1 aliphatic heterocycles. The van der Waals surface area contributed by atoms with E-state index < -0.39 is 0 Å². The van der Waals surface area contributed by atoms with E-state index in [0.29, 0.717) is 6.61 Å². The van der Waals surface area contributed by atoms with Gasteiger partial charge in [0, 0.05) is 17.8 Å². The molecule has 20 heavy (non-hydrogen) atoms. The number of para-hydroxylation sites is 1. The predicted molar refractivity (Wildman–Crippen MR) is 84.2 cm³/mol. The lowest BCUT2D eigenvalue weighted by Crippen LogP contribution is -2.07. The van der Waals surface area contributed by atoms with Crippen molar-refractivity contribution in [1.82, 2.24) is 0 Å². The zero-order chi connectivity index (χ0) is 13.8. The van der Waals surface area contributed by atoms with Crippen LogP contribution < -0.4 is 10.1 Å². The van der Waals surface area contributed by atoms with Crippen molar-refractivity contribution in [3.8, 4) is 16.9 Å². The summed E-state index contributed by atoms with van der Waals surface area (Å²) in [5.41, 5.74) is 4.97. The van der Waals surface area contributed by atoms with Gasteiger partial charge in [-0.05, 0) is 35.7 Å². The second-order valence-corrected chi connectivity index (χ2v) is 5.29. The lowest BCUT2D eigenvalue weighted by Gasteiger charge is -2.21. The van der Waals surface area contributed by atoms with Crippen LogP contribution in [0.15, 0.2) is 42.5 Å². The van der Waals surface area contributed by atoms with Gasteiger partial charge in [-0.25, -0.2) is 0 Å². The van der Waals surface area contributed by atoms with Crippen LogP contribution in [0.4, 0.5) is 5.69 Å². The van der Waals surface area contributed by atoms with Gasteiger partial charge in [-0.1, -0.05) is 44.0 Å². The SMILES string of the molecule is CCCCCNc1ccc2c(c1)-c1ccccc1OC2. The Balaban J connectivity index is 1.82. The Kier molecular flexibility index (Phi) is 3.91. The lowest BCUT2D eigenvalue weighted by atomic mass is 9.96. The molecule has 0 aliphatic carbocycles. The summed E-state index contributed by atoms with van der Waals surface area (Å²) in [5, 5.41) is 3.52. The average molecular weight is 267 g/mol. The third-order valence-corrected chi connectivity index (χ3v) is 3.78. The number of nitrogens with one attached hydrogen (secondary N) is 1. The van der Waals surface area contributed by atoms with Gasteiger partial charge in [0.2, 0.25) is 0 Å². The summed E-state index contributed by atoms with van der Waals surface area (Å²) in [6, 6.07) is 14.8. The van der Waals surface area contributed by atoms with Gasteiger partial charge in [0.1, 0.15) is 12.4 Å². The summed E-state index contributed by atoms with van der Waals surface area (Å²) in [6.07, 6.45) is 3.78. The molecule has 2 nitrogen and oxygen atoms in total. The maximum Gasteiger partial charge on any atom is 0.127 e. The molecule has 0 unspecified atom stereocenters. The van der Waals surface area contributed by atoms with Crippen molar-refractivity contribution in [3.05, 3.63) is 48.0 Å². The summed E-state index contributed by atoms with van der Waals surface area (Å²) in [6.45, 7) is 3.95. The smallest absolute Gasteiger partial charge is 0.127 e. The molecule has 0 atom stereocenters. The van der Waals surface area contributed by atoms with E-state index in [9.17, 15) is 0 Å². The largest absolute Gasteiger partial charge is 0.488 e. The van der Waals surface area contributed by atoms with E-state index in [4.69, 9.17) is 4.74 Å². The molecule has 2 heteroatoms. The molecule has 0 fully saturated rings. The monoisotopic (exact) mass is 267 g/mol. The Hall–Kier alpha value is -1.96. The van der Waals surface area contributed by atoms with Crippen LogP contribution in [0.25, 0.3) is 11.1 Å². The maximum absolute atomic E-state index is 5.78. The van der Waals surface area contributed by atoms with E-state index in [1.54, 1.807) is 0 Å². The molecule has 0 saturated carbocycles. The van der Waals surface area contributed by atoms with Crippen molar-refractivity contribution in [3.63, 3.8) is 0 Å². The summed E-state index contributed by atoms with van der Waals surface area (Å²) in [5.74, 6) is 0.989. The molecule has 1 N–H and O–H groups in total. The molecule has 0 saturated heterocycles. The fourth-order valence-corrected chi connectivity index (χ4v) is 2.64. The van der Waals surface area contributed by atoms with Gasteiger partial charge in [-0.3, -0.25) is 0 Å². The van der Waals surface area contributed by atoms with Crippen LogP contribution in [0.3, 0.4) is 0 Å². The Labute approximate surface area is 120 Å². The summed E-state index contributed by atoms with van der Waals surface area (Å²) in [4.78, 5) is 0. The normalized spacial score (nSPS) is 12.2. The number of hydrogen-bond acceptors (Lipinski definition) is 2. The van der Waals surface area contributed by atoms with Crippen LogP contribution >= 0.6 is 0 Å². The standard InChI is InChI=1S/C18H21NO/c1-2-3-6-11-19-15-10-9-14-13-20-18-8-5-4-7-16(18)17(14)12-15/h4-5,7-10,12,19H,2-3,6,11,13H2,1H3. The molecule has 1 heterocycles. The van der Waals surface area contributed by atoms with Crippen molar-refractivity contribution < 1.29 is 4.74 Å². The molecule has 104 valence electrons. The minimum absolute atomic E-state index is 0.669. The average Bonchev–Trinajstić information content (AvgIpc) is 2.51. The second kappa shape index (κ2) is 6.00. The predicted octanol–water partition coefficient (Wildman–Crippen LogP) is 4.85. The first kappa shape index (κ1) is 13.0. The summed E-state index contributed by atoms with van der Waals surface area (Å²) < 4.78 is 5.78. The highest BCUT2D eigenvalue weighted by atomic mass is 16.5. The third kappa shape index (κ3) is 2.64. The molecular weight excluding hydrogens is 246 g/mol. The van der Waals surface area contributed by atoms with Gasteiger partial charge in [0.15, 0.2) is 0 Å². The van der Waals surface area contributed by atoms with Crippen LogP contribution in [0.1, 0.15) is 31.7 Å². The van der Waals surface area contributed by atoms with Crippen molar-refractivity contribution in [2.24, 2.45) is 0 Å². The highest BCUT2D eigenvalue weighted by molar-refractivity contribution is 5.77. The van der Waals surface area contributed by atoms with Crippen LogP contribution in [-0.2, 0) is 6.61 Å². The number of rotatable bonds is 5. The van der Waals surface area contributed by atoms with Crippen molar-refractivity contribution in [2.75, 3.05) is 11.9 Å². The van der Waals surface area contributed by atoms with Crippen molar-refractivity contribution in [1.29, 1.82) is 0 Å². The van der Waals surface area contributed by atoms with Gasteiger partial charge in [-0.2, -0.15) is 0 Å². The van der Waals surface area contributed by atoms with Gasteiger partial charge < -0.3 is 10.1 Å². The van der Waals surface area contributed by atoms with E-state index in [2.05, 4.69) is 42.6 Å². The number of benzene rings is 2. The number of fused-ring (bicyclic) bond motifs is 3. The van der Waals surface area contributed by atoms with Gasteiger partial charge >= 0.3 is 0 Å². The Morgan fingerprint density at radius 2 is 1.95 bits per heavy atom. The minimum Gasteiger partial charge on any atom is -0.488 e. The fourth-order valence-electron chi connectivity index (χ4n) is 2.64. The van der Waals surface area contributed by atoms with E-state index >= 15 is 0 Å². The highest BCUT2D eigenvalue weighted by Crippen LogP contribution is 2.38. The molecule has 3 rings (SSSR count). The molecule has 0 bridgehead atoms. The second-order valence-electron chi connectivity index (χ2n) is 5.29. The lowest BCUT2D eigenvalue weighted by molar-refractivity contribution is 0.302. The van der Waals surface area contributed by atoms with Gasteiger partial charge in [0.05, 0.1) is 0 Å². The van der Waals surface area contributed by atoms with Crippen LogP contribution in [0.2, 0.25) is 0 Å². The van der Waals surface area contributed by atoms with E-state index in [-0.39, 0.29) is 0 Å². The fraction of sp³-hybridized carbons (Fsp3) is 0.333. The highest BCUT2D eigenvalue weighted by Gasteiger charge is 2.16. The molecule has 0 amide bonds. The molecule has 2 aromatic carbocycles. The number of ether oxygens (including phenoxy) is 1. The molecular formula is C18H21NO. The van der Waals surface area contributed by atoms with Gasteiger partial charge in [0.25, 0.3) is 0 Å². The van der Waals surface area contributed by atoms with Crippen LogP contribution in [-0.4, -0.2) is 6.54 Å². The molecule has 1 aliphatic rings. The first-order chi connectivity index (χ1) is 9.88. The summed E-state index contributed by atoms with van der Waals surface area (Å²) in [7, 11) is 0. The van der Waals surface area contributed by atoms with Crippen LogP contribution in [0.5, 0.6) is 5.75 Å². The summed E-state index contributed by atoms with van der Waals surface area (Å²) >= 11 is 0. The zero-order valence-electron chi connectivity index (χ0n) is 12.0. The Morgan fingerprint density at radius 1 is 1.05 bits per heavy atom. The Bertz CT molecular complexity index is 592. The number of unbranched alkanes of at least 4 members (excludes halogenated alkanes) is 2. The topological polar surface area (TPSA) is 21.3 Å². The molecule has 0 spiro atoms. The minimum atomic E-state index is 0.669. The third-order valence-electron chi connectivity index (χ3n) is 3.78. The van der Waals surface area contributed by atoms with Crippen molar-refractivity contribution >= 4 is 5.69 Å². The molecule has 2 aromatic rings. The van der Waals surface area contributed by atoms with Crippen molar-refractivity contribution in [2.45, 2.75) is 32.8 Å². The Morgan fingerprint density at radius 3 is 2.85 bits per heavy atom. The zero-order valence-corrected chi connectivity index (χ0v) is 12.0. The maximum atomic E-state index is 5.78. The molecule has 0 aromatic heterocycles. The quantitative estimate of drug-likeness (QED) is 0.782. The number of hydrogen-bond donors (Lipinski definition) is 1. The first-order valence-electron chi connectivity index (χ1n) is 7.47. The molecule has 0 radical (unpaired) electrons. The van der Waals surface area contributed by atoms with Gasteiger partial charge in [-0.15, -0.1) is 0 Å². The van der Waals surface area contributed by atoms with E-state index in [1.807, 2.05) is 12.1 Å². The van der Waals surface area contributed by atoms with E-state index in [0.717, 1.165) is 12.3 Å².